The summed E-state index contributed by atoms with van der Waals surface area (Å²) in [6, 6.07) is 11.3. The van der Waals surface area contributed by atoms with E-state index < -0.39 is 0 Å². The lowest BCUT2D eigenvalue weighted by atomic mass is 10.2. The molecule has 1 heterocycles. The van der Waals surface area contributed by atoms with Crippen molar-refractivity contribution in [1.29, 1.82) is 0 Å². The highest BCUT2D eigenvalue weighted by Crippen LogP contribution is 2.22. The van der Waals surface area contributed by atoms with Crippen LogP contribution in [0.5, 0.6) is 0 Å². The minimum Gasteiger partial charge on any atom is -0.397 e. The zero-order chi connectivity index (χ0) is 14.5. The van der Waals surface area contributed by atoms with Crippen molar-refractivity contribution in [3.63, 3.8) is 0 Å². The van der Waals surface area contributed by atoms with E-state index in [1.165, 1.54) is 11.8 Å². The molecule has 1 atom stereocenters. The number of aryl methyl sites for hydroxylation is 1. The molecule has 3 N–H and O–H groups in total. The van der Waals surface area contributed by atoms with E-state index in [1.54, 1.807) is 12.3 Å². The molecule has 104 valence electrons. The number of hydrogen-bond acceptors (Lipinski definition) is 4. The molecule has 0 aliphatic rings. The predicted molar refractivity (Wildman–Crippen MR) is 83.8 cm³/mol. The Morgan fingerprint density at radius 2 is 1.95 bits per heavy atom. The van der Waals surface area contributed by atoms with Crippen LogP contribution in [-0.4, -0.2) is 16.1 Å². The summed E-state index contributed by atoms with van der Waals surface area (Å²) in [6.07, 6.45) is 1.59. The Labute approximate surface area is 122 Å². The Kier molecular flexibility index (Phi) is 4.63. The first kappa shape index (κ1) is 14.4. The topological polar surface area (TPSA) is 68.0 Å². The molecule has 5 heteroatoms. The van der Waals surface area contributed by atoms with E-state index in [-0.39, 0.29) is 11.2 Å². The largest absolute Gasteiger partial charge is 0.397 e. The molecule has 0 bridgehead atoms. The molecule has 2 rings (SSSR count). The van der Waals surface area contributed by atoms with Gasteiger partial charge in [0.15, 0.2) is 0 Å². The number of nitrogen functional groups attached to an aromatic ring is 1. The molecule has 20 heavy (non-hydrogen) atoms. The molecule has 0 saturated carbocycles. The first-order valence-electron chi connectivity index (χ1n) is 6.30. The Morgan fingerprint density at radius 3 is 2.55 bits per heavy atom. The van der Waals surface area contributed by atoms with Gasteiger partial charge >= 0.3 is 0 Å². The molecule has 0 saturated heterocycles. The van der Waals surface area contributed by atoms with E-state index in [0.717, 1.165) is 16.3 Å². The van der Waals surface area contributed by atoms with Gasteiger partial charge in [0.2, 0.25) is 5.91 Å². The van der Waals surface area contributed by atoms with Crippen LogP contribution in [0, 0.1) is 6.92 Å². The Balaban J connectivity index is 1.94. The molecule has 1 amide bonds. The van der Waals surface area contributed by atoms with E-state index in [0.29, 0.717) is 5.69 Å². The number of aromatic nitrogens is 1. The lowest BCUT2D eigenvalue weighted by molar-refractivity contribution is -0.115. The number of amides is 1. The average molecular weight is 287 g/mol. The number of nitrogens with zero attached hydrogens (tertiary/aromatic N) is 1. The van der Waals surface area contributed by atoms with Crippen LogP contribution in [-0.2, 0) is 4.79 Å². The predicted octanol–water partition coefficient (Wildman–Crippen LogP) is 3.09. The van der Waals surface area contributed by atoms with Crippen molar-refractivity contribution >= 4 is 29.0 Å². The molecule has 0 aliphatic carbocycles. The van der Waals surface area contributed by atoms with Crippen LogP contribution in [0.4, 0.5) is 11.4 Å². The second-order valence-electron chi connectivity index (χ2n) is 4.55. The maximum atomic E-state index is 12.1. The van der Waals surface area contributed by atoms with Gasteiger partial charge in [0, 0.05) is 5.69 Å². The molecule has 1 aromatic carbocycles. The summed E-state index contributed by atoms with van der Waals surface area (Å²) >= 11 is 1.40. The summed E-state index contributed by atoms with van der Waals surface area (Å²) in [5.41, 5.74) is 8.16. The number of nitrogens with two attached hydrogens (primary N) is 1. The average Bonchev–Trinajstić information content (AvgIpc) is 2.44. The number of nitrogens with one attached hydrogen (secondary N) is 1. The summed E-state index contributed by atoms with van der Waals surface area (Å²) in [5.74, 6) is -0.0440. The normalized spacial score (nSPS) is 11.9. The quantitative estimate of drug-likeness (QED) is 0.848. The number of carbonyl (C=O) groups excluding carboxylic acids is 1. The summed E-state index contributed by atoms with van der Waals surface area (Å²) in [7, 11) is 0. The van der Waals surface area contributed by atoms with Gasteiger partial charge in [-0.05, 0) is 38.1 Å². The third-order valence-corrected chi connectivity index (χ3v) is 3.80. The maximum Gasteiger partial charge on any atom is 0.237 e. The van der Waals surface area contributed by atoms with E-state index in [9.17, 15) is 4.79 Å². The Hall–Kier alpha value is -2.01. The summed E-state index contributed by atoms with van der Waals surface area (Å²) in [5, 5.41) is 3.44. The molecule has 1 aromatic heterocycles. The van der Waals surface area contributed by atoms with Crippen LogP contribution in [0.2, 0.25) is 0 Å². The molecular formula is C15H17N3OS. The molecule has 0 spiro atoms. The number of benzene rings is 1. The van der Waals surface area contributed by atoms with Crippen molar-refractivity contribution < 1.29 is 4.79 Å². The van der Waals surface area contributed by atoms with Gasteiger partial charge in [0.25, 0.3) is 0 Å². The van der Waals surface area contributed by atoms with Crippen LogP contribution in [0.15, 0.2) is 47.6 Å². The van der Waals surface area contributed by atoms with E-state index in [1.807, 2.05) is 44.2 Å². The second-order valence-corrected chi connectivity index (χ2v) is 5.91. The fourth-order valence-electron chi connectivity index (χ4n) is 1.58. The van der Waals surface area contributed by atoms with Crippen molar-refractivity contribution in [2.24, 2.45) is 0 Å². The third kappa shape index (κ3) is 3.99. The monoisotopic (exact) mass is 287 g/mol. The van der Waals surface area contributed by atoms with Crippen LogP contribution in [0.3, 0.4) is 0 Å². The molecule has 0 fully saturated rings. The fourth-order valence-corrected chi connectivity index (χ4v) is 2.37. The number of carbonyl (C=O) groups is 1. The maximum absolute atomic E-state index is 12.1. The van der Waals surface area contributed by atoms with Crippen molar-refractivity contribution in [1.82, 2.24) is 4.98 Å². The smallest absolute Gasteiger partial charge is 0.237 e. The summed E-state index contributed by atoms with van der Waals surface area (Å²) in [6.45, 7) is 3.86. The summed E-state index contributed by atoms with van der Waals surface area (Å²) in [4.78, 5) is 16.3. The minimum absolute atomic E-state index is 0.0440. The number of anilines is 2. The van der Waals surface area contributed by atoms with E-state index in [2.05, 4.69) is 10.3 Å². The number of thioether (sulfide) groups is 1. The van der Waals surface area contributed by atoms with Gasteiger partial charge in [-0.25, -0.2) is 4.98 Å². The van der Waals surface area contributed by atoms with Gasteiger partial charge < -0.3 is 11.1 Å². The minimum atomic E-state index is -0.229. The van der Waals surface area contributed by atoms with Crippen molar-refractivity contribution in [3.05, 3.63) is 48.2 Å². The first-order valence-corrected chi connectivity index (χ1v) is 7.18. The van der Waals surface area contributed by atoms with Crippen molar-refractivity contribution in [2.75, 3.05) is 11.1 Å². The van der Waals surface area contributed by atoms with Gasteiger partial charge in [-0.15, -0.1) is 0 Å². The third-order valence-electron chi connectivity index (χ3n) is 2.75. The van der Waals surface area contributed by atoms with Crippen LogP contribution < -0.4 is 11.1 Å². The summed E-state index contributed by atoms with van der Waals surface area (Å²) < 4.78 is 0. The Morgan fingerprint density at radius 1 is 1.25 bits per heavy atom. The molecule has 0 aliphatic heterocycles. The van der Waals surface area contributed by atoms with Gasteiger partial charge in [0.1, 0.15) is 0 Å². The highest BCUT2D eigenvalue weighted by atomic mass is 32.2. The van der Waals surface area contributed by atoms with Crippen LogP contribution >= 0.6 is 11.8 Å². The zero-order valence-electron chi connectivity index (χ0n) is 11.5. The molecular weight excluding hydrogens is 270 g/mol. The van der Waals surface area contributed by atoms with E-state index >= 15 is 0 Å². The Bertz CT molecular complexity index is 581. The number of hydrogen-bond donors (Lipinski definition) is 2. The molecule has 4 nitrogen and oxygen atoms in total. The molecule has 2 aromatic rings. The van der Waals surface area contributed by atoms with Gasteiger partial charge in [0.05, 0.1) is 22.2 Å². The lowest BCUT2D eigenvalue weighted by Crippen LogP contribution is -2.22. The van der Waals surface area contributed by atoms with Gasteiger partial charge in [-0.3, -0.25) is 4.79 Å². The van der Waals surface area contributed by atoms with Gasteiger partial charge in [-0.1, -0.05) is 29.5 Å². The molecule has 1 unspecified atom stereocenters. The fraction of sp³-hybridized carbons (Fsp3) is 0.200. The van der Waals surface area contributed by atoms with Crippen molar-refractivity contribution in [2.45, 2.75) is 24.1 Å². The van der Waals surface area contributed by atoms with Crippen LogP contribution in [0.25, 0.3) is 0 Å². The SMILES string of the molecule is Cc1ccc(NC(=O)C(C)Sc2ccc(N)cn2)cc1. The first-order chi connectivity index (χ1) is 9.54. The standard InChI is InChI=1S/C15H17N3OS/c1-10-3-6-13(7-4-10)18-15(19)11(2)20-14-8-5-12(16)9-17-14/h3-9,11H,16H2,1-2H3,(H,18,19). The number of pyridine rings is 1. The second kappa shape index (κ2) is 6.43. The lowest BCUT2D eigenvalue weighted by Gasteiger charge is -2.11. The molecule has 0 radical (unpaired) electrons. The number of rotatable bonds is 4. The highest BCUT2D eigenvalue weighted by molar-refractivity contribution is 8.00. The highest BCUT2D eigenvalue weighted by Gasteiger charge is 2.15. The van der Waals surface area contributed by atoms with E-state index in [4.69, 9.17) is 5.73 Å². The van der Waals surface area contributed by atoms with Crippen LogP contribution in [0.1, 0.15) is 12.5 Å². The zero-order valence-corrected chi connectivity index (χ0v) is 12.3. The van der Waals surface area contributed by atoms with Crippen molar-refractivity contribution in [3.8, 4) is 0 Å². The van der Waals surface area contributed by atoms with Gasteiger partial charge in [-0.2, -0.15) is 0 Å².